The van der Waals surface area contributed by atoms with E-state index in [0.29, 0.717) is 24.6 Å². The van der Waals surface area contributed by atoms with Crippen molar-refractivity contribution in [2.45, 2.75) is 51.7 Å². The summed E-state index contributed by atoms with van der Waals surface area (Å²) in [5.74, 6) is 0. The third-order valence-corrected chi connectivity index (χ3v) is 3.21. The Kier molecular flexibility index (Phi) is 5.03. The standard InChI is InChI=1S/C12H25NO2/c1-12(2)6-4-5-10(7-12)13-8-11(14)9-15-3/h10-11,13-14H,4-9H2,1-3H3. The van der Waals surface area contributed by atoms with Gasteiger partial charge in [0.15, 0.2) is 0 Å². The molecule has 1 saturated carbocycles. The van der Waals surface area contributed by atoms with Gasteiger partial charge >= 0.3 is 0 Å². The largest absolute Gasteiger partial charge is 0.389 e. The Labute approximate surface area is 93.2 Å². The molecule has 1 aliphatic carbocycles. The first-order valence-electron chi connectivity index (χ1n) is 5.94. The number of hydrogen-bond acceptors (Lipinski definition) is 3. The van der Waals surface area contributed by atoms with Crippen LogP contribution in [0, 0.1) is 5.41 Å². The second-order valence-corrected chi connectivity index (χ2v) is 5.47. The lowest BCUT2D eigenvalue weighted by atomic mass is 9.75. The SMILES string of the molecule is COCC(O)CNC1CCCC(C)(C)C1. The molecule has 1 rings (SSSR count). The number of nitrogens with one attached hydrogen (secondary N) is 1. The monoisotopic (exact) mass is 215 g/mol. The normalized spacial score (nSPS) is 27.6. The van der Waals surface area contributed by atoms with Crippen molar-refractivity contribution in [1.82, 2.24) is 5.32 Å². The van der Waals surface area contributed by atoms with Gasteiger partial charge in [-0.15, -0.1) is 0 Å². The van der Waals surface area contributed by atoms with E-state index in [1.807, 2.05) is 0 Å². The molecule has 2 atom stereocenters. The van der Waals surface area contributed by atoms with Gasteiger partial charge < -0.3 is 15.2 Å². The Hall–Kier alpha value is -0.120. The lowest BCUT2D eigenvalue weighted by Gasteiger charge is -2.36. The number of hydrogen-bond donors (Lipinski definition) is 2. The van der Waals surface area contributed by atoms with Crippen LogP contribution in [0.2, 0.25) is 0 Å². The summed E-state index contributed by atoms with van der Waals surface area (Å²) in [7, 11) is 1.62. The Morgan fingerprint density at radius 2 is 2.27 bits per heavy atom. The molecule has 1 fully saturated rings. The highest BCUT2D eigenvalue weighted by Crippen LogP contribution is 2.34. The molecular weight excluding hydrogens is 190 g/mol. The molecule has 0 heterocycles. The molecule has 0 bridgehead atoms. The Morgan fingerprint density at radius 3 is 2.87 bits per heavy atom. The summed E-state index contributed by atoms with van der Waals surface area (Å²) in [4.78, 5) is 0. The number of aliphatic hydroxyl groups is 1. The first-order valence-corrected chi connectivity index (χ1v) is 5.94. The summed E-state index contributed by atoms with van der Waals surface area (Å²) < 4.78 is 4.89. The van der Waals surface area contributed by atoms with Crippen molar-refractivity contribution in [3.63, 3.8) is 0 Å². The van der Waals surface area contributed by atoms with Gasteiger partial charge in [0.1, 0.15) is 0 Å². The van der Waals surface area contributed by atoms with Crippen molar-refractivity contribution in [2.75, 3.05) is 20.3 Å². The number of methoxy groups -OCH3 is 1. The molecule has 0 aromatic heterocycles. The van der Waals surface area contributed by atoms with E-state index in [-0.39, 0.29) is 6.10 Å². The highest BCUT2D eigenvalue weighted by atomic mass is 16.5. The number of ether oxygens (including phenoxy) is 1. The quantitative estimate of drug-likeness (QED) is 0.731. The lowest BCUT2D eigenvalue weighted by molar-refractivity contribution is 0.0593. The lowest BCUT2D eigenvalue weighted by Crippen LogP contribution is -2.41. The zero-order valence-corrected chi connectivity index (χ0v) is 10.3. The minimum atomic E-state index is -0.375. The highest BCUT2D eigenvalue weighted by molar-refractivity contribution is 4.83. The fourth-order valence-corrected chi connectivity index (χ4v) is 2.43. The topological polar surface area (TPSA) is 41.5 Å². The van der Waals surface area contributed by atoms with Gasteiger partial charge in [-0.25, -0.2) is 0 Å². The van der Waals surface area contributed by atoms with Crippen molar-refractivity contribution in [1.29, 1.82) is 0 Å². The molecule has 90 valence electrons. The molecule has 15 heavy (non-hydrogen) atoms. The molecule has 0 aliphatic heterocycles. The van der Waals surface area contributed by atoms with Crippen LogP contribution >= 0.6 is 0 Å². The van der Waals surface area contributed by atoms with Gasteiger partial charge in [0, 0.05) is 19.7 Å². The smallest absolute Gasteiger partial charge is 0.0897 e. The van der Waals surface area contributed by atoms with Crippen LogP contribution < -0.4 is 5.32 Å². The van der Waals surface area contributed by atoms with Crippen LogP contribution in [0.3, 0.4) is 0 Å². The van der Waals surface area contributed by atoms with Gasteiger partial charge in [-0.2, -0.15) is 0 Å². The van der Waals surface area contributed by atoms with Gasteiger partial charge in [0.2, 0.25) is 0 Å². The van der Waals surface area contributed by atoms with E-state index in [4.69, 9.17) is 4.74 Å². The molecule has 2 N–H and O–H groups in total. The predicted octanol–water partition coefficient (Wildman–Crippen LogP) is 1.55. The molecular formula is C12H25NO2. The fraction of sp³-hybridized carbons (Fsp3) is 1.00. The predicted molar refractivity (Wildman–Crippen MR) is 61.9 cm³/mol. The molecule has 0 radical (unpaired) electrons. The van der Waals surface area contributed by atoms with E-state index in [2.05, 4.69) is 19.2 Å². The Morgan fingerprint density at radius 1 is 1.53 bits per heavy atom. The van der Waals surface area contributed by atoms with Crippen LogP contribution in [0.4, 0.5) is 0 Å². The number of aliphatic hydroxyl groups excluding tert-OH is 1. The maximum Gasteiger partial charge on any atom is 0.0897 e. The molecule has 0 amide bonds. The van der Waals surface area contributed by atoms with Crippen molar-refractivity contribution < 1.29 is 9.84 Å². The van der Waals surface area contributed by atoms with Crippen LogP contribution in [0.15, 0.2) is 0 Å². The van der Waals surface area contributed by atoms with Crippen LogP contribution in [-0.2, 0) is 4.74 Å². The van der Waals surface area contributed by atoms with Crippen molar-refractivity contribution in [3.05, 3.63) is 0 Å². The van der Waals surface area contributed by atoms with Crippen LogP contribution in [0.25, 0.3) is 0 Å². The second-order valence-electron chi connectivity index (χ2n) is 5.47. The summed E-state index contributed by atoms with van der Waals surface area (Å²) in [6, 6.07) is 0.570. The first-order chi connectivity index (χ1) is 7.03. The molecule has 0 spiro atoms. The van der Waals surface area contributed by atoms with Crippen molar-refractivity contribution >= 4 is 0 Å². The summed E-state index contributed by atoms with van der Waals surface area (Å²) in [6.07, 6.45) is 4.70. The summed E-state index contributed by atoms with van der Waals surface area (Å²) in [5, 5.41) is 13.0. The Balaban J connectivity index is 2.21. The highest BCUT2D eigenvalue weighted by Gasteiger charge is 2.27. The first kappa shape index (κ1) is 12.9. The minimum absolute atomic E-state index is 0.375. The van der Waals surface area contributed by atoms with Crippen LogP contribution in [0.5, 0.6) is 0 Å². The van der Waals surface area contributed by atoms with Gasteiger partial charge in [-0.05, 0) is 24.7 Å². The molecule has 0 aromatic rings. The van der Waals surface area contributed by atoms with Crippen LogP contribution in [0.1, 0.15) is 39.5 Å². The van der Waals surface area contributed by atoms with Crippen molar-refractivity contribution in [2.24, 2.45) is 5.41 Å². The molecule has 2 unspecified atom stereocenters. The number of rotatable bonds is 5. The third-order valence-electron chi connectivity index (χ3n) is 3.21. The summed E-state index contributed by atoms with van der Waals surface area (Å²) in [6.45, 7) is 5.72. The maximum absolute atomic E-state index is 9.52. The van der Waals surface area contributed by atoms with E-state index in [1.54, 1.807) is 7.11 Å². The van der Waals surface area contributed by atoms with E-state index >= 15 is 0 Å². The maximum atomic E-state index is 9.52. The van der Waals surface area contributed by atoms with E-state index < -0.39 is 0 Å². The molecule has 3 heteroatoms. The molecule has 1 aliphatic rings. The average Bonchev–Trinajstić information content (AvgIpc) is 2.14. The summed E-state index contributed by atoms with van der Waals surface area (Å²) >= 11 is 0. The average molecular weight is 215 g/mol. The van der Waals surface area contributed by atoms with Gasteiger partial charge in [-0.3, -0.25) is 0 Å². The van der Waals surface area contributed by atoms with Gasteiger partial charge in [0.25, 0.3) is 0 Å². The van der Waals surface area contributed by atoms with Crippen molar-refractivity contribution in [3.8, 4) is 0 Å². The molecule has 0 saturated heterocycles. The fourth-order valence-electron chi connectivity index (χ4n) is 2.43. The van der Waals surface area contributed by atoms with Gasteiger partial charge in [0.05, 0.1) is 12.7 Å². The van der Waals surface area contributed by atoms with E-state index in [9.17, 15) is 5.11 Å². The second kappa shape index (κ2) is 5.83. The third kappa shape index (κ3) is 4.96. The molecule has 0 aromatic carbocycles. The van der Waals surface area contributed by atoms with Gasteiger partial charge in [-0.1, -0.05) is 20.3 Å². The van der Waals surface area contributed by atoms with E-state index in [0.717, 1.165) is 0 Å². The summed E-state index contributed by atoms with van der Waals surface area (Å²) in [5.41, 5.74) is 0.460. The minimum Gasteiger partial charge on any atom is -0.389 e. The zero-order chi connectivity index (χ0) is 11.3. The Bertz CT molecular complexity index is 182. The van der Waals surface area contributed by atoms with Crippen LogP contribution in [-0.4, -0.2) is 37.5 Å². The van der Waals surface area contributed by atoms with E-state index in [1.165, 1.54) is 25.7 Å². The molecule has 3 nitrogen and oxygen atoms in total. The zero-order valence-electron chi connectivity index (χ0n) is 10.3.